The molecule has 1 saturated heterocycles. The summed E-state index contributed by atoms with van der Waals surface area (Å²) >= 11 is 7.32. The molecule has 5 rings (SSSR count). The van der Waals surface area contributed by atoms with Crippen LogP contribution in [0.4, 0.5) is 10.1 Å². The van der Waals surface area contributed by atoms with Crippen LogP contribution in [0.15, 0.2) is 66.0 Å². The Labute approximate surface area is 188 Å². The predicted molar refractivity (Wildman–Crippen MR) is 120 cm³/mol. The monoisotopic (exact) mass is 458 g/mol. The van der Waals surface area contributed by atoms with E-state index in [4.69, 9.17) is 11.6 Å². The molecule has 2 aromatic carbocycles. The average molecular weight is 459 g/mol. The summed E-state index contributed by atoms with van der Waals surface area (Å²) in [6, 6.07) is 14.3. The number of hydrazone groups is 1. The van der Waals surface area contributed by atoms with Crippen LogP contribution in [0.25, 0.3) is 0 Å². The van der Waals surface area contributed by atoms with E-state index in [9.17, 15) is 9.18 Å². The summed E-state index contributed by atoms with van der Waals surface area (Å²) in [6.07, 6.45) is 4.78. The highest BCUT2D eigenvalue weighted by Crippen LogP contribution is 2.35. The van der Waals surface area contributed by atoms with Crippen molar-refractivity contribution in [3.63, 3.8) is 0 Å². The van der Waals surface area contributed by atoms with Crippen molar-refractivity contribution in [1.82, 2.24) is 20.8 Å². The summed E-state index contributed by atoms with van der Waals surface area (Å²) in [5.41, 5.74) is 8.06. The zero-order valence-corrected chi connectivity index (χ0v) is 17.9. The number of para-hydroxylation sites is 1. The second-order valence-electron chi connectivity index (χ2n) is 7.43. The highest BCUT2D eigenvalue weighted by Gasteiger charge is 2.44. The maximum Gasteiger partial charge on any atom is 0.234 e. The number of hydrogen-bond acceptors (Lipinski definition) is 7. The van der Waals surface area contributed by atoms with Gasteiger partial charge in [0.1, 0.15) is 12.0 Å². The van der Waals surface area contributed by atoms with E-state index in [1.165, 1.54) is 29.5 Å². The lowest BCUT2D eigenvalue weighted by Gasteiger charge is -2.36. The molecule has 3 N–H and O–H groups in total. The number of hydrazine groups is 1. The van der Waals surface area contributed by atoms with Crippen LogP contribution >= 0.6 is 23.4 Å². The summed E-state index contributed by atoms with van der Waals surface area (Å²) in [5.74, 6) is -0.607. The Morgan fingerprint density at radius 1 is 1.23 bits per heavy atom. The lowest BCUT2D eigenvalue weighted by atomic mass is 10.00. The number of nitrogens with zero attached hydrogens (tertiary/aromatic N) is 3. The first-order chi connectivity index (χ1) is 15.1. The van der Waals surface area contributed by atoms with Crippen molar-refractivity contribution < 1.29 is 9.18 Å². The molecular formula is C21H20ClFN6OS. The number of anilines is 1. The van der Waals surface area contributed by atoms with Crippen LogP contribution in [0.5, 0.6) is 0 Å². The molecule has 3 atom stereocenters. The predicted octanol–water partition coefficient (Wildman–Crippen LogP) is 3.46. The minimum Gasteiger partial charge on any atom is -0.323 e. The smallest absolute Gasteiger partial charge is 0.234 e. The number of carbonyl (C=O) groups is 1. The molecule has 2 aromatic rings. The maximum absolute atomic E-state index is 13.7. The molecule has 7 nitrogen and oxygen atoms in total. The third-order valence-corrected chi connectivity index (χ3v) is 6.68. The summed E-state index contributed by atoms with van der Waals surface area (Å²) in [4.78, 5) is 14.3. The summed E-state index contributed by atoms with van der Waals surface area (Å²) < 4.78 is 13.7. The van der Waals surface area contributed by atoms with Gasteiger partial charge >= 0.3 is 0 Å². The van der Waals surface area contributed by atoms with Crippen LogP contribution in [-0.4, -0.2) is 38.9 Å². The fourth-order valence-electron chi connectivity index (χ4n) is 3.94. The summed E-state index contributed by atoms with van der Waals surface area (Å²) in [5, 5.41) is 10.5. The molecule has 3 aliphatic rings. The highest BCUT2D eigenvalue weighted by molar-refractivity contribution is 8.14. The molecule has 0 radical (unpaired) electrons. The number of halogens is 2. The van der Waals surface area contributed by atoms with Gasteiger partial charge in [0.15, 0.2) is 5.17 Å². The highest BCUT2D eigenvalue weighted by atomic mass is 35.5. The molecule has 160 valence electrons. The molecule has 0 saturated carbocycles. The van der Waals surface area contributed by atoms with E-state index >= 15 is 0 Å². The quantitative estimate of drug-likeness (QED) is 0.651. The van der Waals surface area contributed by atoms with Crippen molar-refractivity contribution in [2.24, 2.45) is 5.10 Å². The maximum atomic E-state index is 13.7. The van der Waals surface area contributed by atoms with Crippen LogP contribution < -0.4 is 16.2 Å². The Morgan fingerprint density at radius 2 is 2.03 bits per heavy atom. The van der Waals surface area contributed by atoms with Gasteiger partial charge in [0.25, 0.3) is 0 Å². The number of amidine groups is 1. The van der Waals surface area contributed by atoms with Crippen molar-refractivity contribution in [3.8, 4) is 0 Å². The van der Waals surface area contributed by atoms with E-state index < -0.39 is 5.82 Å². The second kappa shape index (κ2) is 8.41. The van der Waals surface area contributed by atoms with Gasteiger partial charge in [-0.25, -0.2) is 9.82 Å². The topological polar surface area (TPSA) is 72.0 Å². The largest absolute Gasteiger partial charge is 0.323 e. The number of hydrogen-bond donors (Lipinski definition) is 3. The summed E-state index contributed by atoms with van der Waals surface area (Å²) in [7, 11) is 0. The normalized spacial score (nSPS) is 23.8. The molecule has 31 heavy (non-hydrogen) atoms. The lowest BCUT2D eigenvalue weighted by Crippen LogP contribution is -2.54. The van der Waals surface area contributed by atoms with Crippen LogP contribution in [0.1, 0.15) is 18.0 Å². The molecule has 1 amide bonds. The van der Waals surface area contributed by atoms with Gasteiger partial charge in [-0.2, -0.15) is 5.10 Å². The Morgan fingerprint density at radius 3 is 2.84 bits per heavy atom. The Hall–Kier alpha value is -2.75. The minimum absolute atomic E-state index is 0.0353. The Balaban J connectivity index is 1.19. The van der Waals surface area contributed by atoms with Gasteiger partial charge in [-0.15, -0.1) is 0 Å². The molecule has 0 aliphatic carbocycles. The van der Waals surface area contributed by atoms with Gasteiger partial charge in [0.05, 0.1) is 23.5 Å². The number of benzene rings is 2. The van der Waals surface area contributed by atoms with Crippen LogP contribution in [0, 0.1) is 5.82 Å². The third-order valence-electron chi connectivity index (χ3n) is 5.46. The molecule has 3 aliphatic heterocycles. The van der Waals surface area contributed by atoms with Crippen molar-refractivity contribution in [2.75, 3.05) is 11.1 Å². The molecule has 1 fully saturated rings. The van der Waals surface area contributed by atoms with Gasteiger partial charge in [0, 0.05) is 17.4 Å². The zero-order chi connectivity index (χ0) is 21.4. The molecule has 0 bridgehead atoms. The average Bonchev–Trinajstić information content (AvgIpc) is 3.38. The Bertz CT molecular complexity index is 1050. The minimum atomic E-state index is -0.455. The molecular weight excluding hydrogens is 439 g/mol. The van der Waals surface area contributed by atoms with E-state index in [1.54, 1.807) is 12.1 Å². The Kier molecular flexibility index (Phi) is 5.47. The van der Waals surface area contributed by atoms with Crippen LogP contribution in [-0.2, 0) is 4.79 Å². The number of amides is 1. The van der Waals surface area contributed by atoms with E-state index in [0.717, 1.165) is 11.4 Å². The van der Waals surface area contributed by atoms with Crippen molar-refractivity contribution in [3.05, 3.63) is 77.3 Å². The SMILES string of the molecule is O=C(CSC1=NNC2C3CC(c4ccc(Cl)cc4)NN3C=CN12)Nc1ccccc1F. The number of fused-ring (bicyclic) bond motifs is 3. The molecule has 3 heterocycles. The number of nitrogens with one attached hydrogen (secondary N) is 3. The molecule has 10 heteroatoms. The van der Waals surface area contributed by atoms with Crippen LogP contribution in [0.2, 0.25) is 5.02 Å². The fraction of sp³-hybridized carbons (Fsp3) is 0.238. The lowest BCUT2D eigenvalue weighted by molar-refractivity contribution is -0.113. The number of carbonyl (C=O) groups excluding carboxylic acids is 1. The summed E-state index contributed by atoms with van der Waals surface area (Å²) in [6.45, 7) is 0. The fourth-order valence-corrected chi connectivity index (χ4v) is 4.84. The van der Waals surface area contributed by atoms with Crippen molar-refractivity contribution >= 4 is 40.1 Å². The molecule has 0 spiro atoms. The van der Waals surface area contributed by atoms with Gasteiger partial charge in [-0.3, -0.25) is 10.2 Å². The van der Waals surface area contributed by atoms with E-state index in [-0.39, 0.29) is 35.6 Å². The molecule has 3 unspecified atom stereocenters. The van der Waals surface area contributed by atoms with Crippen molar-refractivity contribution in [1.29, 1.82) is 0 Å². The van der Waals surface area contributed by atoms with E-state index in [1.807, 2.05) is 41.6 Å². The first-order valence-electron chi connectivity index (χ1n) is 9.85. The second-order valence-corrected chi connectivity index (χ2v) is 8.81. The third kappa shape index (κ3) is 4.08. The first-order valence-corrected chi connectivity index (χ1v) is 11.2. The van der Waals surface area contributed by atoms with Gasteiger partial charge < -0.3 is 15.2 Å². The van der Waals surface area contributed by atoms with Gasteiger partial charge in [-0.05, 0) is 36.2 Å². The molecule has 0 aromatic heterocycles. The van der Waals surface area contributed by atoms with E-state index in [0.29, 0.717) is 5.17 Å². The van der Waals surface area contributed by atoms with E-state index in [2.05, 4.69) is 26.3 Å². The van der Waals surface area contributed by atoms with Gasteiger partial charge in [0.2, 0.25) is 5.91 Å². The first kappa shape index (κ1) is 20.2. The van der Waals surface area contributed by atoms with Gasteiger partial charge in [-0.1, -0.05) is 47.6 Å². The number of thioether (sulfide) groups is 1. The standard InChI is InChI=1S/C21H20ClFN6OS/c22-14-7-5-13(6-8-14)17-11-18-20-25-26-21(28(20)9-10-29(18)27-17)31-12-19(30)24-16-4-2-1-3-15(16)23/h1-10,17-18,20,25,27H,11-12H2,(H,24,30). The van der Waals surface area contributed by atoms with Crippen LogP contribution in [0.3, 0.4) is 0 Å². The number of rotatable bonds is 4. The zero-order valence-electron chi connectivity index (χ0n) is 16.3. The van der Waals surface area contributed by atoms with Crippen molar-refractivity contribution in [2.45, 2.75) is 24.7 Å².